The van der Waals surface area contributed by atoms with Crippen LogP contribution in [0.1, 0.15) is 17.7 Å². The molecule has 3 rings (SSSR count). The lowest BCUT2D eigenvalue weighted by Crippen LogP contribution is -2.14. The number of nitrogens with one attached hydrogen (secondary N) is 1. The van der Waals surface area contributed by atoms with E-state index in [-0.39, 0.29) is 11.7 Å². The van der Waals surface area contributed by atoms with E-state index in [2.05, 4.69) is 4.98 Å². The predicted octanol–water partition coefficient (Wildman–Crippen LogP) is 2.61. The molecular formula is C13H12FNO. The first kappa shape index (κ1) is 9.58. The Morgan fingerprint density at radius 1 is 1.44 bits per heavy atom. The summed E-state index contributed by atoms with van der Waals surface area (Å²) in [5.74, 6) is -0.0859. The van der Waals surface area contributed by atoms with Gasteiger partial charge in [0.15, 0.2) is 0 Å². The Morgan fingerprint density at radius 3 is 3.12 bits per heavy atom. The molecule has 0 radical (unpaired) electrons. The van der Waals surface area contributed by atoms with Gasteiger partial charge in [-0.2, -0.15) is 0 Å². The molecule has 1 heterocycles. The van der Waals surface area contributed by atoms with Crippen LogP contribution in [0.3, 0.4) is 0 Å². The van der Waals surface area contributed by atoms with Crippen molar-refractivity contribution in [3.63, 3.8) is 0 Å². The van der Waals surface area contributed by atoms with E-state index in [4.69, 9.17) is 0 Å². The summed E-state index contributed by atoms with van der Waals surface area (Å²) in [7, 11) is 0. The number of hydrogen-bond acceptors (Lipinski definition) is 1. The fraction of sp³-hybridized carbons (Fsp3) is 0.308. The lowest BCUT2D eigenvalue weighted by Gasteiger charge is -2.16. The molecule has 0 bridgehead atoms. The number of aromatic nitrogens is 1. The van der Waals surface area contributed by atoms with Crippen LogP contribution in [0, 0.1) is 11.7 Å². The zero-order valence-electron chi connectivity index (χ0n) is 8.79. The van der Waals surface area contributed by atoms with Gasteiger partial charge in [0.05, 0.1) is 0 Å². The number of aldehydes is 1. The number of carbonyl (C=O) groups is 1. The van der Waals surface area contributed by atoms with E-state index >= 15 is 0 Å². The van der Waals surface area contributed by atoms with E-state index in [1.807, 2.05) is 0 Å². The van der Waals surface area contributed by atoms with Gasteiger partial charge < -0.3 is 9.78 Å². The molecule has 1 aliphatic carbocycles. The summed E-state index contributed by atoms with van der Waals surface area (Å²) in [6.45, 7) is 0. The van der Waals surface area contributed by atoms with Crippen molar-refractivity contribution in [3.05, 3.63) is 35.3 Å². The quantitative estimate of drug-likeness (QED) is 0.732. The highest BCUT2D eigenvalue weighted by molar-refractivity contribution is 5.85. The number of aryl methyl sites for hydroxylation is 1. The van der Waals surface area contributed by atoms with Crippen LogP contribution in [-0.2, 0) is 17.6 Å². The van der Waals surface area contributed by atoms with Gasteiger partial charge in [0.1, 0.15) is 12.1 Å². The molecule has 3 heteroatoms. The Kier molecular flexibility index (Phi) is 2.06. The molecule has 16 heavy (non-hydrogen) atoms. The average Bonchev–Trinajstić information content (AvgIpc) is 2.66. The third kappa shape index (κ3) is 1.35. The number of fused-ring (bicyclic) bond motifs is 3. The highest BCUT2D eigenvalue weighted by atomic mass is 19.1. The van der Waals surface area contributed by atoms with Crippen molar-refractivity contribution < 1.29 is 9.18 Å². The van der Waals surface area contributed by atoms with Crippen molar-refractivity contribution in [2.45, 2.75) is 19.3 Å². The van der Waals surface area contributed by atoms with Crippen molar-refractivity contribution in [1.29, 1.82) is 0 Å². The number of H-pyrrole nitrogens is 1. The second-order valence-corrected chi connectivity index (χ2v) is 4.41. The summed E-state index contributed by atoms with van der Waals surface area (Å²) in [6, 6.07) is 4.80. The summed E-state index contributed by atoms with van der Waals surface area (Å²) in [6.07, 6.45) is 3.52. The lowest BCUT2D eigenvalue weighted by molar-refractivity contribution is -0.111. The summed E-state index contributed by atoms with van der Waals surface area (Å²) >= 11 is 0. The van der Waals surface area contributed by atoms with E-state index < -0.39 is 0 Å². The maximum absolute atomic E-state index is 13.2. The van der Waals surface area contributed by atoms with Crippen LogP contribution < -0.4 is 0 Å². The molecule has 2 aromatic rings. The Morgan fingerprint density at radius 2 is 2.31 bits per heavy atom. The third-order valence-corrected chi connectivity index (χ3v) is 3.38. The lowest BCUT2D eigenvalue weighted by atomic mass is 9.88. The van der Waals surface area contributed by atoms with Crippen LogP contribution in [0.25, 0.3) is 10.9 Å². The van der Waals surface area contributed by atoms with Crippen molar-refractivity contribution in [1.82, 2.24) is 4.98 Å². The second kappa shape index (κ2) is 3.44. The van der Waals surface area contributed by atoms with Gasteiger partial charge in [-0.15, -0.1) is 0 Å². The molecular weight excluding hydrogens is 205 g/mol. The number of halogens is 1. The Labute approximate surface area is 92.5 Å². The molecule has 1 aromatic heterocycles. The zero-order chi connectivity index (χ0) is 11.1. The third-order valence-electron chi connectivity index (χ3n) is 3.38. The first-order valence-corrected chi connectivity index (χ1v) is 5.52. The summed E-state index contributed by atoms with van der Waals surface area (Å²) < 4.78 is 13.2. The molecule has 0 fully saturated rings. The van der Waals surface area contributed by atoms with Gasteiger partial charge >= 0.3 is 0 Å². The topological polar surface area (TPSA) is 32.9 Å². The molecule has 2 nitrogen and oxygen atoms in total. The second-order valence-electron chi connectivity index (χ2n) is 4.41. The van der Waals surface area contributed by atoms with Gasteiger partial charge in [0.25, 0.3) is 0 Å². The van der Waals surface area contributed by atoms with Gasteiger partial charge in [0.2, 0.25) is 0 Å². The molecule has 1 unspecified atom stereocenters. The Balaban J connectivity index is 2.16. The van der Waals surface area contributed by atoms with Gasteiger partial charge in [-0.25, -0.2) is 4.39 Å². The summed E-state index contributed by atoms with van der Waals surface area (Å²) in [5, 5.41) is 0.972. The van der Waals surface area contributed by atoms with E-state index in [0.717, 1.165) is 42.1 Å². The largest absolute Gasteiger partial charge is 0.358 e. The van der Waals surface area contributed by atoms with Crippen LogP contribution >= 0.6 is 0 Å². The smallest absolute Gasteiger partial charge is 0.123 e. The SMILES string of the molecule is O=CC1CCc2c([nH]c3ccc(F)cc23)C1. The van der Waals surface area contributed by atoms with Crippen molar-refractivity contribution in [2.75, 3.05) is 0 Å². The van der Waals surface area contributed by atoms with Crippen LogP contribution in [0.2, 0.25) is 0 Å². The van der Waals surface area contributed by atoms with Crippen LogP contribution in [0.4, 0.5) is 4.39 Å². The highest BCUT2D eigenvalue weighted by Gasteiger charge is 2.21. The van der Waals surface area contributed by atoms with E-state index in [1.54, 1.807) is 12.1 Å². The molecule has 82 valence electrons. The molecule has 1 aromatic carbocycles. The average molecular weight is 217 g/mol. The molecule has 0 amide bonds. The van der Waals surface area contributed by atoms with Crippen LogP contribution in [-0.4, -0.2) is 11.3 Å². The maximum atomic E-state index is 13.2. The minimum atomic E-state index is -0.202. The standard InChI is InChI=1S/C13H12FNO/c14-9-2-4-12-11(6-9)10-3-1-8(7-16)5-13(10)15-12/h2,4,6-8,15H,1,3,5H2. The van der Waals surface area contributed by atoms with Crippen molar-refractivity contribution >= 4 is 17.2 Å². The van der Waals surface area contributed by atoms with E-state index in [0.29, 0.717) is 0 Å². The Bertz CT molecular complexity index is 558. The van der Waals surface area contributed by atoms with E-state index in [9.17, 15) is 9.18 Å². The first-order chi connectivity index (χ1) is 7.78. The van der Waals surface area contributed by atoms with Gasteiger partial charge in [-0.1, -0.05) is 0 Å². The van der Waals surface area contributed by atoms with E-state index in [1.165, 1.54) is 11.6 Å². The number of aromatic amines is 1. The zero-order valence-corrected chi connectivity index (χ0v) is 8.79. The molecule has 0 saturated heterocycles. The number of rotatable bonds is 1. The van der Waals surface area contributed by atoms with Crippen molar-refractivity contribution in [2.24, 2.45) is 5.92 Å². The predicted molar refractivity (Wildman–Crippen MR) is 59.8 cm³/mol. The molecule has 1 aliphatic rings. The fourth-order valence-electron chi connectivity index (χ4n) is 2.55. The molecule has 1 N–H and O–H groups in total. The maximum Gasteiger partial charge on any atom is 0.123 e. The monoisotopic (exact) mass is 217 g/mol. The number of benzene rings is 1. The molecule has 1 atom stereocenters. The molecule has 0 spiro atoms. The van der Waals surface area contributed by atoms with Crippen LogP contribution in [0.15, 0.2) is 18.2 Å². The molecule has 0 saturated carbocycles. The number of carbonyl (C=O) groups excluding carboxylic acids is 1. The van der Waals surface area contributed by atoms with Gasteiger partial charge in [0, 0.05) is 22.5 Å². The molecule has 0 aliphatic heterocycles. The van der Waals surface area contributed by atoms with Gasteiger partial charge in [-0.3, -0.25) is 0 Å². The normalized spacial score (nSPS) is 19.7. The van der Waals surface area contributed by atoms with Crippen LogP contribution in [0.5, 0.6) is 0 Å². The number of hydrogen-bond donors (Lipinski definition) is 1. The first-order valence-electron chi connectivity index (χ1n) is 5.52. The minimum Gasteiger partial charge on any atom is -0.358 e. The highest BCUT2D eigenvalue weighted by Crippen LogP contribution is 2.31. The summed E-state index contributed by atoms with van der Waals surface area (Å²) in [4.78, 5) is 14.0. The summed E-state index contributed by atoms with van der Waals surface area (Å²) in [5.41, 5.74) is 3.26. The fourth-order valence-corrected chi connectivity index (χ4v) is 2.55. The van der Waals surface area contributed by atoms with Crippen molar-refractivity contribution in [3.8, 4) is 0 Å². The Hall–Kier alpha value is -1.64. The van der Waals surface area contributed by atoms with Gasteiger partial charge in [-0.05, 0) is 43.0 Å². The minimum absolute atomic E-state index is 0.116.